The zero-order valence-electron chi connectivity index (χ0n) is 17.1. The van der Waals surface area contributed by atoms with Crippen molar-refractivity contribution in [2.24, 2.45) is 0 Å². The molecular formula is C22H22Cl2N2O4. The maximum atomic E-state index is 12.7. The quantitative estimate of drug-likeness (QED) is 0.503. The summed E-state index contributed by atoms with van der Waals surface area (Å²) >= 11 is 12.2. The van der Waals surface area contributed by atoms with Crippen molar-refractivity contribution in [3.05, 3.63) is 74.6 Å². The molecule has 3 rings (SSSR count). The molecule has 1 amide bonds. The summed E-state index contributed by atoms with van der Waals surface area (Å²) in [6.45, 7) is 5.83. The minimum atomic E-state index is -0.302. The van der Waals surface area contributed by atoms with Gasteiger partial charge in [0.1, 0.15) is 12.4 Å². The molecule has 0 aliphatic carbocycles. The first kappa shape index (κ1) is 22.0. The van der Waals surface area contributed by atoms with Gasteiger partial charge in [0.05, 0.1) is 24.4 Å². The number of carbonyl (C=O) groups is 1. The van der Waals surface area contributed by atoms with E-state index in [4.69, 9.17) is 37.2 Å². The molecule has 0 aliphatic heterocycles. The number of nitrogens with one attached hydrogen (secondary N) is 1. The number of amides is 1. The normalized spacial score (nSPS) is 11.8. The van der Waals surface area contributed by atoms with Crippen molar-refractivity contribution in [2.75, 3.05) is 7.11 Å². The maximum absolute atomic E-state index is 12.7. The molecule has 0 spiro atoms. The first-order chi connectivity index (χ1) is 14.3. The topological polar surface area (TPSA) is 73.6 Å². The molecule has 0 bridgehead atoms. The predicted octanol–water partition coefficient (Wildman–Crippen LogP) is 5.68. The summed E-state index contributed by atoms with van der Waals surface area (Å²) in [5, 5.41) is 7.88. The van der Waals surface area contributed by atoms with Crippen molar-refractivity contribution in [1.82, 2.24) is 10.5 Å². The standard InChI is InChI=1S/C22H22Cl2N2O4/c1-12(17-7-6-16(23)10-19(17)24)25-22(27)15-5-8-20(21(9-15)28-4)29-11-18-13(2)26-30-14(18)3/h5-10,12H,11H2,1-4H3,(H,25,27). The Morgan fingerprint density at radius 1 is 1.17 bits per heavy atom. The largest absolute Gasteiger partial charge is 0.493 e. The molecular weight excluding hydrogens is 427 g/mol. The van der Waals surface area contributed by atoms with E-state index in [1.165, 1.54) is 7.11 Å². The lowest BCUT2D eigenvalue weighted by Gasteiger charge is -2.17. The lowest BCUT2D eigenvalue weighted by atomic mass is 10.1. The number of rotatable bonds is 7. The minimum absolute atomic E-state index is 0.260. The average Bonchev–Trinajstić information content (AvgIpc) is 3.03. The number of aromatic nitrogens is 1. The number of ether oxygens (including phenoxy) is 2. The first-order valence-electron chi connectivity index (χ1n) is 9.28. The molecule has 2 aromatic carbocycles. The maximum Gasteiger partial charge on any atom is 0.251 e. The van der Waals surface area contributed by atoms with E-state index >= 15 is 0 Å². The Kier molecular flexibility index (Phi) is 6.90. The van der Waals surface area contributed by atoms with E-state index in [1.54, 1.807) is 36.4 Å². The van der Waals surface area contributed by atoms with Gasteiger partial charge in [0.2, 0.25) is 0 Å². The molecule has 8 heteroatoms. The minimum Gasteiger partial charge on any atom is -0.493 e. The summed E-state index contributed by atoms with van der Waals surface area (Å²) in [5.41, 5.74) is 2.87. The van der Waals surface area contributed by atoms with Crippen molar-refractivity contribution < 1.29 is 18.8 Å². The lowest BCUT2D eigenvalue weighted by molar-refractivity contribution is 0.0939. The number of nitrogens with zero attached hydrogens (tertiary/aromatic N) is 1. The number of hydrogen-bond acceptors (Lipinski definition) is 5. The molecule has 1 heterocycles. The highest BCUT2D eigenvalue weighted by molar-refractivity contribution is 6.35. The van der Waals surface area contributed by atoms with Gasteiger partial charge in [-0.2, -0.15) is 0 Å². The van der Waals surface area contributed by atoms with Crippen LogP contribution in [0.3, 0.4) is 0 Å². The summed E-state index contributed by atoms with van der Waals surface area (Å²) in [7, 11) is 1.52. The molecule has 6 nitrogen and oxygen atoms in total. The molecule has 0 radical (unpaired) electrons. The molecule has 1 aromatic heterocycles. The van der Waals surface area contributed by atoms with E-state index in [0.29, 0.717) is 32.9 Å². The second-order valence-corrected chi connectivity index (χ2v) is 7.66. The van der Waals surface area contributed by atoms with Gasteiger partial charge >= 0.3 is 0 Å². The Hall–Kier alpha value is -2.70. The van der Waals surface area contributed by atoms with Crippen LogP contribution in [0.5, 0.6) is 11.5 Å². The third kappa shape index (κ3) is 4.89. The zero-order valence-corrected chi connectivity index (χ0v) is 18.6. The van der Waals surface area contributed by atoms with Crippen molar-refractivity contribution in [3.63, 3.8) is 0 Å². The van der Waals surface area contributed by atoms with Crippen LogP contribution in [0.1, 0.15) is 45.9 Å². The van der Waals surface area contributed by atoms with Gasteiger partial charge in [-0.3, -0.25) is 4.79 Å². The third-order valence-corrected chi connectivity index (χ3v) is 5.32. The monoisotopic (exact) mass is 448 g/mol. The molecule has 0 aliphatic rings. The number of hydrogen-bond donors (Lipinski definition) is 1. The fraction of sp³-hybridized carbons (Fsp3) is 0.273. The van der Waals surface area contributed by atoms with E-state index in [1.807, 2.05) is 20.8 Å². The van der Waals surface area contributed by atoms with Gasteiger partial charge in [-0.05, 0) is 56.7 Å². The van der Waals surface area contributed by atoms with Gasteiger partial charge < -0.3 is 19.3 Å². The number of halogens is 2. The molecule has 1 N–H and O–H groups in total. The van der Waals surface area contributed by atoms with Crippen molar-refractivity contribution in [1.29, 1.82) is 0 Å². The van der Waals surface area contributed by atoms with Gasteiger partial charge in [-0.1, -0.05) is 34.4 Å². The molecule has 1 unspecified atom stereocenters. The van der Waals surface area contributed by atoms with Crippen molar-refractivity contribution in [3.8, 4) is 11.5 Å². The summed E-state index contributed by atoms with van der Waals surface area (Å²) in [4.78, 5) is 12.7. The van der Waals surface area contributed by atoms with Crippen LogP contribution in [-0.4, -0.2) is 18.2 Å². The van der Waals surface area contributed by atoms with Crippen molar-refractivity contribution >= 4 is 29.1 Å². The molecule has 158 valence electrons. The lowest BCUT2D eigenvalue weighted by Crippen LogP contribution is -2.26. The van der Waals surface area contributed by atoms with E-state index < -0.39 is 0 Å². The van der Waals surface area contributed by atoms with Crippen LogP contribution >= 0.6 is 23.2 Å². The van der Waals surface area contributed by atoms with E-state index in [9.17, 15) is 4.79 Å². The van der Waals surface area contributed by atoms with Gasteiger partial charge in [0, 0.05) is 15.6 Å². The Labute approximate surface area is 185 Å². The molecule has 1 atom stereocenters. The molecule has 0 saturated carbocycles. The van der Waals surface area contributed by atoms with Crippen LogP contribution in [0.2, 0.25) is 10.0 Å². The van der Waals surface area contributed by atoms with E-state index in [2.05, 4.69) is 10.5 Å². The average molecular weight is 449 g/mol. The van der Waals surface area contributed by atoms with Gasteiger partial charge in [0.25, 0.3) is 5.91 Å². The molecule has 30 heavy (non-hydrogen) atoms. The van der Waals surface area contributed by atoms with Crippen LogP contribution in [0, 0.1) is 13.8 Å². The Morgan fingerprint density at radius 3 is 2.57 bits per heavy atom. The highest BCUT2D eigenvalue weighted by Crippen LogP contribution is 2.30. The molecule has 0 fully saturated rings. The number of carbonyl (C=O) groups excluding carboxylic acids is 1. The van der Waals surface area contributed by atoms with Crippen LogP contribution < -0.4 is 14.8 Å². The second kappa shape index (κ2) is 9.41. The van der Waals surface area contributed by atoms with Crippen LogP contribution in [0.15, 0.2) is 40.9 Å². The third-order valence-electron chi connectivity index (χ3n) is 4.76. The predicted molar refractivity (Wildman–Crippen MR) is 116 cm³/mol. The van der Waals surface area contributed by atoms with E-state index in [0.717, 1.165) is 16.8 Å². The Bertz CT molecular complexity index is 1050. The van der Waals surface area contributed by atoms with Gasteiger partial charge in [-0.15, -0.1) is 0 Å². The summed E-state index contributed by atoms with van der Waals surface area (Å²) < 4.78 is 16.4. The first-order valence-corrected chi connectivity index (χ1v) is 10.0. The number of aryl methyl sites for hydroxylation is 2. The molecule has 0 saturated heterocycles. The number of methoxy groups -OCH3 is 1. The van der Waals surface area contributed by atoms with Crippen molar-refractivity contribution in [2.45, 2.75) is 33.4 Å². The highest BCUT2D eigenvalue weighted by Gasteiger charge is 2.17. The van der Waals surface area contributed by atoms with E-state index in [-0.39, 0.29) is 18.6 Å². The summed E-state index contributed by atoms with van der Waals surface area (Å²) in [5.74, 6) is 1.41. The Morgan fingerprint density at radius 2 is 1.93 bits per heavy atom. The van der Waals surface area contributed by atoms with Gasteiger partial charge in [0.15, 0.2) is 11.5 Å². The number of benzene rings is 2. The second-order valence-electron chi connectivity index (χ2n) is 6.82. The van der Waals surface area contributed by atoms with Crippen LogP contribution in [-0.2, 0) is 6.61 Å². The smallest absolute Gasteiger partial charge is 0.251 e. The summed E-state index contributed by atoms with van der Waals surface area (Å²) in [6.07, 6.45) is 0. The highest BCUT2D eigenvalue weighted by atomic mass is 35.5. The van der Waals surface area contributed by atoms with Gasteiger partial charge in [-0.25, -0.2) is 0 Å². The van der Waals surface area contributed by atoms with Crippen LogP contribution in [0.25, 0.3) is 0 Å². The summed E-state index contributed by atoms with van der Waals surface area (Å²) in [6, 6.07) is 9.89. The zero-order chi connectivity index (χ0) is 21.8. The SMILES string of the molecule is COc1cc(C(=O)NC(C)c2ccc(Cl)cc2Cl)ccc1OCc1c(C)noc1C. The van der Waals surface area contributed by atoms with Crippen LogP contribution in [0.4, 0.5) is 0 Å². The molecule has 3 aromatic rings. The Balaban J connectivity index is 1.72. The fourth-order valence-corrected chi connectivity index (χ4v) is 3.57. The fourth-order valence-electron chi connectivity index (χ4n) is 3.00.